The van der Waals surface area contributed by atoms with E-state index in [1.54, 1.807) is 0 Å². The third kappa shape index (κ3) is 2.29. The fraction of sp³-hybridized carbons (Fsp3) is 0.667. The van der Waals surface area contributed by atoms with Crippen molar-refractivity contribution in [2.45, 2.75) is 19.6 Å². The summed E-state index contributed by atoms with van der Waals surface area (Å²) in [5.41, 5.74) is 1.04. The first-order valence-corrected chi connectivity index (χ1v) is 4.54. The molecule has 1 atom stereocenters. The third-order valence-corrected chi connectivity index (χ3v) is 2.05. The second-order valence-electron chi connectivity index (χ2n) is 3.25. The molecule has 1 aromatic heterocycles. The highest BCUT2D eigenvalue weighted by Crippen LogP contribution is 2.03. The summed E-state index contributed by atoms with van der Waals surface area (Å²) in [5.74, 6) is 0. The number of hydrogen-bond donors (Lipinski definition) is 0. The van der Waals surface area contributed by atoms with Gasteiger partial charge in [0.1, 0.15) is 6.10 Å². The van der Waals surface area contributed by atoms with Gasteiger partial charge in [0, 0.05) is 6.20 Å². The van der Waals surface area contributed by atoms with E-state index in [4.69, 9.17) is 9.47 Å². The van der Waals surface area contributed by atoms with Crippen LogP contribution in [0.1, 0.15) is 5.69 Å². The van der Waals surface area contributed by atoms with Crippen molar-refractivity contribution in [1.82, 2.24) is 9.78 Å². The van der Waals surface area contributed by atoms with Gasteiger partial charge < -0.3 is 9.47 Å². The van der Waals surface area contributed by atoms with Crippen LogP contribution in [0.4, 0.5) is 0 Å². The van der Waals surface area contributed by atoms with Crippen LogP contribution >= 0.6 is 0 Å². The van der Waals surface area contributed by atoms with Crippen LogP contribution in [0.2, 0.25) is 0 Å². The molecule has 0 bridgehead atoms. The molecule has 0 spiro atoms. The summed E-state index contributed by atoms with van der Waals surface area (Å²) in [6.07, 6.45) is 2.13. The second kappa shape index (κ2) is 3.89. The number of aryl methyl sites for hydroxylation is 1. The van der Waals surface area contributed by atoms with E-state index in [-0.39, 0.29) is 6.10 Å². The molecule has 1 fully saturated rings. The van der Waals surface area contributed by atoms with Crippen molar-refractivity contribution >= 4 is 0 Å². The number of rotatable bonds is 2. The third-order valence-electron chi connectivity index (χ3n) is 2.05. The highest BCUT2D eigenvalue weighted by Gasteiger charge is 2.14. The van der Waals surface area contributed by atoms with Crippen LogP contribution in [-0.4, -0.2) is 35.7 Å². The van der Waals surface area contributed by atoms with Crippen molar-refractivity contribution in [3.05, 3.63) is 18.0 Å². The molecule has 13 heavy (non-hydrogen) atoms. The molecular weight excluding hydrogens is 168 g/mol. The quantitative estimate of drug-likeness (QED) is 0.672. The fourth-order valence-electron chi connectivity index (χ4n) is 1.42. The molecule has 2 heterocycles. The Morgan fingerprint density at radius 3 is 3.15 bits per heavy atom. The summed E-state index contributed by atoms with van der Waals surface area (Å²) in [6.45, 7) is 4.86. The Bertz CT molecular complexity index is 266. The first-order valence-electron chi connectivity index (χ1n) is 4.54. The molecule has 0 amide bonds. The molecule has 0 aromatic carbocycles. The van der Waals surface area contributed by atoms with Crippen LogP contribution < -0.4 is 0 Å². The predicted octanol–water partition coefficient (Wildman–Crippen LogP) is 0.607. The molecule has 72 valence electrons. The van der Waals surface area contributed by atoms with Crippen LogP contribution in [-0.2, 0) is 16.0 Å². The maximum atomic E-state index is 5.51. The summed E-state index contributed by atoms with van der Waals surface area (Å²) < 4.78 is 12.7. The van der Waals surface area contributed by atoms with E-state index in [1.165, 1.54) is 0 Å². The monoisotopic (exact) mass is 182 g/mol. The van der Waals surface area contributed by atoms with Crippen molar-refractivity contribution in [3.63, 3.8) is 0 Å². The summed E-state index contributed by atoms with van der Waals surface area (Å²) in [5, 5.41) is 4.29. The van der Waals surface area contributed by atoms with Crippen LogP contribution in [0.5, 0.6) is 0 Å². The van der Waals surface area contributed by atoms with Gasteiger partial charge in [-0.3, -0.25) is 4.68 Å². The Morgan fingerprint density at radius 1 is 1.62 bits per heavy atom. The Morgan fingerprint density at radius 2 is 2.54 bits per heavy atom. The average molecular weight is 182 g/mol. The van der Waals surface area contributed by atoms with Crippen LogP contribution in [0.15, 0.2) is 12.3 Å². The van der Waals surface area contributed by atoms with Crippen molar-refractivity contribution < 1.29 is 9.47 Å². The Hall–Kier alpha value is -0.870. The van der Waals surface area contributed by atoms with Gasteiger partial charge in [0.05, 0.1) is 32.1 Å². The topological polar surface area (TPSA) is 36.3 Å². The summed E-state index contributed by atoms with van der Waals surface area (Å²) in [6, 6.07) is 1.99. The minimum Gasteiger partial charge on any atom is -0.376 e. The minimum absolute atomic E-state index is 0.160. The second-order valence-corrected chi connectivity index (χ2v) is 3.25. The van der Waals surface area contributed by atoms with Crippen molar-refractivity contribution in [2.75, 3.05) is 19.8 Å². The summed E-state index contributed by atoms with van der Waals surface area (Å²) in [7, 11) is 0. The Kier molecular flexibility index (Phi) is 2.61. The van der Waals surface area contributed by atoms with Crippen molar-refractivity contribution in [2.24, 2.45) is 0 Å². The zero-order valence-corrected chi connectivity index (χ0v) is 7.77. The number of aromatic nitrogens is 2. The van der Waals surface area contributed by atoms with Gasteiger partial charge in [0.25, 0.3) is 0 Å². The van der Waals surface area contributed by atoms with Crippen molar-refractivity contribution in [3.8, 4) is 0 Å². The Labute approximate surface area is 77.4 Å². The largest absolute Gasteiger partial charge is 0.376 e. The molecule has 2 rings (SSSR count). The van der Waals surface area contributed by atoms with E-state index in [1.807, 2.05) is 23.9 Å². The normalized spacial score (nSPS) is 23.3. The van der Waals surface area contributed by atoms with Gasteiger partial charge in [-0.1, -0.05) is 0 Å². The minimum atomic E-state index is 0.160. The first-order chi connectivity index (χ1) is 6.34. The van der Waals surface area contributed by atoms with Gasteiger partial charge in [-0.15, -0.1) is 0 Å². The van der Waals surface area contributed by atoms with Crippen LogP contribution in [0, 0.1) is 6.92 Å². The summed E-state index contributed by atoms with van der Waals surface area (Å²) >= 11 is 0. The molecule has 4 nitrogen and oxygen atoms in total. The lowest BCUT2D eigenvalue weighted by molar-refractivity contribution is -0.0946. The number of nitrogens with zero attached hydrogens (tertiary/aromatic N) is 2. The van der Waals surface area contributed by atoms with E-state index >= 15 is 0 Å². The zero-order chi connectivity index (χ0) is 9.10. The van der Waals surface area contributed by atoms with E-state index in [9.17, 15) is 0 Å². The number of ether oxygens (including phenoxy) is 2. The molecule has 0 aliphatic carbocycles. The molecule has 0 N–H and O–H groups in total. The van der Waals surface area contributed by atoms with Crippen LogP contribution in [0.25, 0.3) is 0 Å². The summed E-state index contributed by atoms with van der Waals surface area (Å²) in [4.78, 5) is 0. The lowest BCUT2D eigenvalue weighted by Crippen LogP contribution is -2.32. The molecule has 1 unspecified atom stereocenters. The highest BCUT2D eigenvalue weighted by atomic mass is 16.6. The standard InChI is InChI=1S/C9H14N2O2/c1-8-2-3-11(10-8)6-9-7-12-4-5-13-9/h2-3,9H,4-7H2,1H3. The van der Waals surface area contributed by atoms with Crippen molar-refractivity contribution in [1.29, 1.82) is 0 Å². The van der Waals surface area contributed by atoms with E-state index in [0.717, 1.165) is 12.2 Å². The van der Waals surface area contributed by atoms with Crippen LogP contribution in [0.3, 0.4) is 0 Å². The molecular formula is C9H14N2O2. The molecule has 1 aliphatic rings. The number of hydrogen-bond acceptors (Lipinski definition) is 3. The molecule has 0 radical (unpaired) electrons. The maximum absolute atomic E-state index is 5.51. The fourth-order valence-corrected chi connectivity index (χ4v) is 1.42. The van der Waals surface area contributed by atoms with Gasteiger partial charge in [0.2, 0.25) is 0 Å². The van der Waals surface area contributed by atoms with Gasteiger partial charge in [-0.25, -0.2) is 0 Å². The predicted molar refractivity (Wildman–Crippen MR) is 47.5 cm³/mol. The lowest BCUT2D eigenvalue weighted by Gasteiger charge is -2.22. The Balaban J connectivity index is 1.89. The lowest BCUT2D eigenvalue weighted by atomic mass is 10.3. The SMILES string of the molecule is Cc1ccn(CC2COCCO2)n1. The van der Waals surface area contributed by atoms with Gasteiger partial charge in [0.15, 0.2) is 0 Å². The van der Waals surface area contributed by atoms with Gasteiger partial charge >= 0.3 is 0 Å². The smallest absolute Gasteiger partial charge is 0.100 e. The molecule has 1 aromatic rings. The van der Waals surface area contributed by atoms with E-state index < -0.39 is 0 Å². The first kappa shape index (κ1) is 8.72. The van der Waals surface area contributed by atoms with Gasteiger partial charge in [-0.05, 0) is 13.0 Å². The molecule has 1 aliphatic heterocycles. The van der Waals surface area contributed by atoms with E-state index in [0.29, 0.717) is 19.8 Å². The molecule has 0 saturated carbocycles. The average Bonchev–Trinajstić information content (AvgIpc) is 2.53. The highest BCUT2D eigenvalue weighted by molar-refractivity contribution is 4.94. The van der Waals surface area contributed by atoms with E-state index in [2.05, 4.69) is 5.10 Å². The maximum Gasteiger partial charge on any atom is 0.100 e. The zero-order valence-electron chi connectivity index (χ0n) is 7.77. The molecule has 1 saturated heterocycles. The molecule has 4 heteroatoms. The van der Waals surface area contributed by atoms with Gasteiger partial charge in [-0.2, -0.15) is 5.10 Å².